The second-order valence-electron chi connectivity index (χ2n) is 7.30. The summed E-state index contributed by atoms with van der Waals surface area (Å²) in [5.74, 6) is 0.636. The highest BCUT2D eigenvalue weighted by Gasteiger charge is 2.20. The maximum atomic E-state index is 12.6. The second-order valence-corrected chi connectivity index (χ2v) is 8.17. The van der Waals surface area contributed by atoms with Gasteiger partial charge in [0.2, 0.25) is 5.91 Å². The molecule has 1 fully saturated rings. The van der Waals surface area contributed by atoms with Crippen molar-refractivity contribution in [2.24, 2.45) is 0 Å². The molecule has 0 spiro atoms. The summed E-state index contributed by atoms with van der Waals surface area (Å²) in [6, 6.07) is 17.3. The van der Waals surface area contributed by atoms with Crippen LogP contribution in [0.4, 0.5) is 11.5 Å². The molecule has 3 aromatic rings. The summed E-state index contributed by atoms with van der Waals surface area (Å²) < 4.78 is 1.76. The van der Waals surface area contributed by atoms with Gasteiger partial charge in [-0.1, -0.05) is 41.4 Å². The predicted octanol–water partition coefficient (Wildman–Crippen LogP) is 4.00. The van der Waals surface area contributed by atoms with Gasteiger partial charge in [0.1, 0.15) is 5.82 Å². The molecule has 6 nitrogen and oxygen atoms in total. The quantitative estimate of drug-likeness (QED) is 0.625. The molecule has 1 aromatic heterocycles. The Morgan fingerprint density at radius 3 is 2.43 bits per heavy atom. The SMILES string of the molecule is O=C(CN1CCN(c2cccc(Cl)c2)CC1)Nc1ccnn1Cc1cccc(Cl)c1. The summed E-state index contributed by atoms with van der Waals surface area (Å²) in [6.07, 6.45) is 1.68. The minimum atomic E-state index is -0.0425. The molecular formula is C22H23Cl2N5O. The number of hydrogen-bond acceptors (Lipinski definition) is 4. The molecule has 0 unspecified atom stereocenters. The fourth-order valence-electron chi connectivity index (χ4n) is 3.60. The van der Waals surface area contributed by atoms with E-state index in [0.29, 0.717) is 23.9 Å². The van der Waals surface area contributed by atoms with Crippen molar-refractivity contribution in [3.05, 3.63) is 76.4 Å². The average molecular weight is 444 g/mol. The Balaban J connectivity index is 1.29. The third-order valence-electron chi connectivity index (χ3n) is 5.12. The summed E-state index contributed by atoms with van der Waals surface area (Å²) in [7, 11) is 0. The van der Waals surface area contributed by atoms with E-state index < -0.39 is 0 Å². The van der Waals surface area contributed by atoms with E-state index in [4.69, 9.17) is 23.2 Å². The average Bonchev–Trinajstić information content (AvgIpc) is 3.15. The van der Waals surface area contributed by atoms with Gasteiger partial charge in [0.15, 0.2) is 0 Å². The first-order chi connectivity index (χ1) is 14.6. The first-order valence-electron chi connectivity index (χ1n) is 9.86. The molecule has 156 valence electrons. The predicted molar refractivity (Wildman–Crippen MR) is 122 cm³/mol. The van der Waals surface area contributed by atoms with Gasteiger partial charge in [-0.2, -0.15) is 5.10 Å². The maximum absolute atomic E-state index is 12.6. The van der Waals surface area contributed by atoms with Crippen LogP contribution in [0.25, 0.3) is 0 Å². The monoisotopic (exact) mass is 443 g/mol. The highest BCUT2D eigenvalue weighted by atomic mass is 35.5. The standard InChI is InChI=1S/C22H23Cl2N5O/c23-18-4-1-3-17(13-18)15-29-21(7-8-25-29)26-22(30)16-27-9-11-28(12-10-27)20-6-2-5-19(24)14-20/h1-8,13-14H,9-12,15-16H2,(H,26,30). The van der Waals surface area contributed by atoms with Crippen molar-refractivity contribution in [3.8, 4) is 0 Å². The normalized spacial score (nSPS) is 14.7. The molecule has 1 aliphatic rings. The molecule has 0 aliphatic carbocycles. The van der Waals surface area contributed by atoms with Crippen LogP contribution in [0.15, 0.2) is 60.8 Å². The third kappa shape index (κ3) is 5.33. The number of hydrogen-bond donors (Lipinski definition) is 1. The molecular weight excluding hydrogens is 421 g/mol. The van der Waals surface area contributed by atoms with Gasteiger partial charge in [-0.3, -0.25) is 9.69 Å². The van der Waals surface area contributed by atoms with Crippen LogP contribution in [0.1, 0.15) is 5.56 Å². The van der Waals surface area contributed by atoms with E-state index in [1.165, 1.54) is 0 Å². The highest BCUT2D eigenvalue weighted by Crippen LogP contribution is 2.21. The van der Waals surface area contributed by atoms with Gasteiger partial charge >= 0.3 is 0 Å². The van der Waals surface area contributed by atoms with E-state index >= 15 is 0 Å². The molecule has 30 heavy (non-hydrogen) atoms. The van der Waals surface area contributed by atoms with E-state index in [1.807, 2.05) is 42.5 Å². The second kappa shape index (κ2) is 9.51. The van der Waals surface area contributed by atoms with Crippen LogP contribution >= 0.6 is 23.2 Å². The van der Waals surface area contributed by atoms with Crippen LogP contribution in [-0.4, -0.2) is 53.3 Å². The summed E-state index contributed by atoms with van der Waals surface area (Å²) in [4.78, 5) is 17.0. The molecule has 2 heterocycles. The lowest BCUT2D eigenvalue weighted by Crippen LogP contribution is -2.48. The number of halogens is 2. The summed E-state index contributed by atoms with van der Waals surface area (Å²) in [5, 5.41) is 8.72. The minimum absolute atomic E-state index is 0.0425. The molecule has 2 aromatic carbocycles. The number of benzene rings is 2. The zero-order chi connectivity index (χ0) is 20.9. The molecule has 4 rings (SSSR count). The maximum Gasteiger partial charge on any atom is 0.239 e. The Morgan fingerprint density at radius 2 is 1.70 bits per heavy atom. The smallest absolute Gasteiger partial charge is 0.239 e. The van der Waals surface area contributed by atoms with Gasteiger partial charge in [-0.15, -0.1) is 0 Å². The largest absolute Gasteiger partial charge is 0.369 e. The summed E-state index contributed by atoms with van der Waals surface area (Å²) in [5.41, 5.74) is 2.15. The van der Waals surface area contributed by atoms with Crippen molar-refractivity contribution in [3.63, 3.8) is 0 Å². The van der Waals surface area contributed by atoms with Gasteiger partial charge in [-0.25, -0.2) is 4.68 Å². The van der Waals surface area contributed by atoms with E-state index in [9.17, 15) is 4.79 Å². The number of nitrogens with one attached hydrogen (secondary N) is 1. The van der Waals surface area contributed by atoms with Crippen LogP contribution in [0.2, 0.25) is 10.0 Å². The molecule has 0 radical (unpaired) electrons. The van der Waals surface area contributed by atoms with Crippen molar-refractivity contribution in [2.45, 2.75) is 6.54 Å². The van der Waals surface area contributed by atoms with Crippen LogP contribution in [0, 0.1) is 0 Å². The zero-order valence-electron chi connectivity index (χ0n) is 16.5. The summed E-state index contributed by atoms with van der Waals surface area (Å²) >= 11 is 12.2. The topological polar surface area (TPSA) is 53.4 Å². The molecule has 1 aliphatic heterocycles. The Kier molecular flexibility index (Phi) is 6.57. The molecule has 1 amide bonds. The molecule has 1 saturated heterocycles. The van der Waals surface area contributed by atoms with Crippen molar-refractivity contribution in [2.75, 3.05) is 42.9 Å². The lowest BCUT2D eigenvalue weighted by atomic mass is 10.2. The lowest BCUT2D eigenvalue weighted by molar-refractivity contribution is -0.117. The van der Waals surface area contributed by atoms with Gasteiger partial charge in [0.25, 0.3) is 0 Å². The van der Waals surface area contributed by atoms with Gasteiger partial charge in [0.05, 0.1) is 19.3 Å². The van der Waals surface area contributed by atoms with Crippen LogP contribution < -0.4 is 10.2 Å². The summed E-state index contributed by atoms with van der Waals surface area (Å²) in [6.45, 7) is 4.26. The number of carbonyl (C=O) groups excluding carboxylic acids is 1. The molecule has 1 N–H and O–H groups in total. The van der Waals surface area contributed by atoms with Gasteiger partial charge in [0, 0.05) is 48.0 Å². The van der Waals surface area contributed by atoms with E-state index in [1.54, 1.807) is 16.9 Å². The van der Waals surface area contributed by atoms with Crippen LogP contribution in [0.3, 0.4) is 0 Å². The van der Waals surface area contributed by atoms with E-state index in [-0.39, 0.29) is 5.91 Å². The lowest BCUT2D eigenvalue weighted by Gasteiger charge is -2.35. The number of rotatable bonds is 6. The minimum Gasteiger partial charge on any atom is -0.369 e. The van der Waals surface area contributed by atoms with E-state index in [2.05, 4.69) is 26.3 Å². The highest BCUT2D eigenvalue weighted by molar-refractivity contribution is 6.31. The third-order valence-corrected chi connectivity index (χ3v) is 5.59. The number of anilines is 2. The fraction of sp³-hybridized carbons (Fsp3) is 0.273. The first kappa shape index (κ1) is 20.7. The van der Waals surface area contributed by atoms with Crippen molar-refractivity contribution >= 4 is 40.6 Å². The van der Waals surface area contributed by atoms with Gasteiger partial charge in [-0.05, 0) is 35.9 Å². The Morgan fingerprint density at radius 1 is 0.967 bits per heavy atom. The number of piperazine rings is 1. The fourth-order valence-corrected chi connectivity index (χ4v) is 3.99. The number of amides is 1. The van der Waals surface area contributed by atoms with Crippen molar-refractivity contribution < 1.29 is 4.79 Å². The Bertz CT molecular complexity index is 1010. The van der Waals surface area contributed by atoms with E-state index in [0.717, 1.165) is 42.5 Å². The van der Waals surface area contributed by atoms with Gasteiger partial charge < -0.3 is 10.2 Å². The molecule has 8 heteroatoms. The molecule has 0 saturated carbocycles. The van der Waals surface area contributed by atoms with Crippen LogP contribution in [0.5, 0.6) is 0 Å². The Hall–Kier alpha value is -2.54. The van der Waals surface area contributed by atoms with Crippen molar-refractivity contribution in [1.82, 2.24) is 14.7 Å². The Labute approximate surface area is 186 Å². The molecule has 0 bridgehead atoms. The number of carbonyl (C=O) groups is 1. The van der Waals surface area contributed by atoms with Crippen molar-refractivity contribution in [1.29, 1.82) is 0 Å². The zero-order valence-corrected chi connectivity index (χ0v) is 18.0. The van der Waals surface area contributed by atoms with Crippen LogP contribution in [-0.2, 0) is 11.3 Å². The molecule has 0 atom stereocenters. The number of aromatic nitrogens is 2. The first-order valence-corrected chi connectivity index (χ1v) is 10.6. The number of nitrogens with zero attached hydrogens (tertiary/aromatic N) is 4.